The Balaban J connectivity index is 2.03. The molecule has 1 aliphatic carbocycles. The fraction of sp³-hybridized carbons (Fsp3) is 0.467. The number of hydrazone groups is 1. The Morgan fingerprint density at radius 1 is 1.30 bits per heavy atom. The highest BCUT2D eigenvalue weighted by atomic mass is 127. The third-order valence-electron chi connectivity index (χ3n) is 4.32. The molecule has 1 amide bonds. The third-order valence-corrected chi connectivity index (χ3v) is 5.04. The number of hydrogen-bond acceptors (Lipinski definition) is 3. The lowest BCUT2D eigenvalue weighted by Crippen LogP contribution is -2.61. The number of aliphatic hydroxyl groups is 1. The molecule has 1 saturated carbocycles. The minimum absolute atomic E-state index is 0.0658. The molecule has 124 valence electrons. The van der Waals surface area contributed by atoms with E-state index in [1.54, 1.807) is 12.1 Å². The van der Waals surface area contributed by atoms with Gasteiger partial charge < -0.3 is 5.11 Å². The van der Waals surface area contributed by atoms with Crippen LogP contribution in [0, 0.1) is 9.49 Å². The van der Waals surface area contributed by atoms with Crippen molar-refractivity contribution in [3.63, 3.8) is 0 Å². The van der Waals surface area contributed by atoms with Crippen molar-refractivity contribution in [3.8, 4) is 0 Å². The summed E-state index contributed by atoms with van der Waals surface area (Å²) in [6.45, 7) is 0. The van der Waals surface area contributed by atoms with E-state index in [4.69, 9.17) is 0 Å². The van der Waals surface area contributed by atoms with E-state index in [-0.39, 0.29) is 22.7 Å². The molecule has 1 fully saturated rings. The monoisotopic (exact) mass is 438 g/mol. The van der Waals surface area contributed by atoms with Crippen LogP contribution in [0.3, 0.4) is 0 Å². The van der Waals surface area contributed by atoms with Crippen LogP contribution in [0.25, 0.3) is 0 Å². The van der Waals surface area contributed by atoms with Gasteiger partial charge in [0.05, 0.1) is 5.92 Å². The number of nitrogens with zero attached hydrogens (tertiary/aromatic N) is 2. The van der Waals surface area contributed by atoms with Crippen LogP contribution >= 0.6 is 22.6 Å². The summed E-state index contributed by atoms with van der Waals surface area (Å²) in [4.78, 5) is 12.5. The lowest BCUT2D eigenvalue weighted by Gasteiger charge is -2.38. The molecule has 0 bridgehead atoms. The summed E-state index contributed by atoms with van der Waals surface area (Å²) in [5.74, 6) is -2.12. The van der Waals surface area contributed by atoms with Crippen LogP contribution in [0.15, 0.2) is 29.4 Å². The van der Waals surface area contributed by atoms with Gasteiger partial charge in [-0.3, -0.25) is 4.79 Å². The van der Waals surface area contributed by atoms with Crippen molar-refractivity contribution in [3.05, 3.63) is 33.4 Å². The number of alkyl halides is 3. The molecule has 1 aromatic rings. The largest absolute Gasteiger partial charge is 0.439 e. The van der Waals surface area contributed by atoms with Crippen LogP contribution in [0.4, 0.5) is 13.2 Å². The van der Waals surface area contributed by atoms with E-state index in [2.05, 4.69) is 5.10 Å². The molecule has 0 spiro atoms. The van der Waals surface area contributed by atoms with Gasteiger partial charge in [0.2, 0.25) is 0 Å². The normalized spacial score (nSPS) is 27.6. The standard InChI is InChI=1S/C15H14F3IN2O2/c16-15(17,18)14(23)11-3-1-2-4-12(11)20-21(14)13(22)9-5-7-10(19)8-6-9/h5-8,11,23H,1-4H2/t11-,14+/m0/s1. The first kappa shape index (κ1) is 16.7. The van der Waals surface area contributed by atoms with Gasteiger partial charge >= 0.3 is 6.18 Å². The maximum atomic E-state index is 13.6. The highest BCUT2D eigenvalue weighted by Gasteiger charge is 2.68. The Morgan fingerprint density at radius 2 is 1.96 bits per heavy atom. The molecule has 1 aliphatic heterocycles. The van der Waals surface area contributed by atoms with E-state index in [9.17, 15) is 23.1 Å². The van der Waals surface area contributed by atoms with E-state index in [0.717, 1.165) is 9.99 Å². The van der Waals surface area contributed by atoms with Gasteiger partial charge in [0.15, 0.2) is 0 Å². The molecule has 3 rings (SSSR count). The first-order chi connectivity index (χ1) is 10.7. The van der Waals surface area contributed by atoms with Crippen LogP contribution < -0.4 is 0 Å². The molecule has 2 aliphatic rings. The lowest BCUT2D eigenvalue weighted by molar-refractivity contribution is -0.312. The molecule has 2 atom stereocenters. The summed E-state index contributed by atoms with van der Waals surface area (Å²) in [5.41, 5.74) is -2.94. The summed E-state index contributed by atoms with van der Waals surface area (Å²) in [5, 5.41) is 14.5. The Bertz CT molecular complexity index is 660. The summed E-state index contributed by atoms with van der Waals surface area (Å²) in [6, 6.07) is 6.11. The zero-order valence-corrected chi connectivity index (χ0v) is 14.1. The second kappa shape index (κ2) is 5.73. The van der Waals surface area contributed by atoms with Crippen LogP contribution in [-0.2, 0) is 0 Å². The van der Waals surface area contributed by atoms with E-state index in [1.807, 2.05) is 22.6 Å². The van der Waals surface area contributed by atoms with Crippen LogP contribution in [0.5, 0.6) is 0 Å². The van der Waals surface area contributed by atoms with Gasteiger partial charge in [-0.05, 0) is 66.1 Å². The zero-order chi connectivity index (χ0) is 16.8. The van der Waals surface area contributed by atoms with E-state index in [0.29, 0.717) is 12.8 Å². The van der Waals surface area contributed by atoms with Crippen molar-refractivity contribution in [2.24, 2.45) is 11.0 Å². The van der Waals surface area contributed by atoms with Crippen LogP contribution in [-0.4, -0.2) is 33.6 Å². The molecule has 4 nitrogen and oxygen atoms in total. The highest BCUT2D eigenvalue weighted by molar-refractivity contribution is 14.1. The van der Waals surface area contributed by atoms with Crippen molar-refractivity contribution in [2.75, 3.05) is 0 Å². The minimum atomic E-state index is -4.97. The van der Waals surface area contributed by atoms with Crippen LogP contribution in [0.1, 0.15) is 36.0 Å². The molecule has 1 aromatic carbocycles. The number of hydrogen-bond donors (Lipinski definition) is 1. The van der Waals surface area contributed by atoms with Crippen LogP contribution in [0.2, 0.25) is 0 Å². The Morgan fingerprint density at radius 3 is 2.57 bits per heavy atom. The van der Waals surface area contributed by atoms with Crippen molar-refractivity contribution in [2.45, 2.75) is 37.6 Å². The van der Waals surface area contributed by atoms with Crippen molar-refractivity contribution in [1.82, 2.24) is 5.01 Å². The Labute approximate surface area is 144 Å². The van der Waals surface area contributed by atoms with Gasteiger partial charge in [-0.15, -0.1) is 0 Å². The topological polar surface area (TPSA) is 52.9 Å². The summed E-state index contributed by atoms with van der Waals surface area (Å²) >= 11 is 2.03. The number of carbonyl (C=O) groups excluding carboxylic acids is 1. The van der Waals surface area contributed by atoms with Gasteiger partial charge in [0.1, 0.15) is 0 Å². The van der Waals surface area contributed by atoms with E-state index >= 15 is 0 Å². The summed E-state index contributed by atoms with van der Waals surface area (Å²) < 4.78 is 41.6. The number of fused-ring (bicyclic) bond motifs is 1. The second-order valence-corrected chi connectivity index (χ2v) is 6.98. The third kappa shape index (κ3) is 2.65. The fourth-order valence-corrected chi connectivity index (χ4v) is 3.49. The molecular formula is C15H14F3IN2O2. The molecule has 1 heterocycles. The molecule has 1 N–H and O–H groups in total. The summed E-state index contributed by atoms with van der Waals surface area (Å²) in [7, 11) is 0. The molecule has 23 heavy (non-hydrogen) atoms. The SMILES string of the molecule is O=C(c1ccc(I)cc1)N1N=C2CCCC[C@@H]2[C@@]1(O)C(F)(F)F. The number of benzene rings is 1. The molecular weight excluding hydrogens is 424 g/mol. The number of amides is 1. The van der Waals surface area contributed by atoms with Crippen molar-refractivity contribution in [1.29, 1.82) is 0 Å². The second-order valence-electron chi connectivity index (χ2n) is 5.74. The number of rotatable bonds is 1. The Kier molecular flexibility index (Phi) is 4.16. The molecule has 0 unspecified atom stereocenters. The number of halogens is 4. The van der Waals surface area contributed by atoms with Gasteiger partial charge in [-0.1, -0.05) is 6.42 Å². The van der Waals surface area contributed by atoms with Gasteiger partial charge in [-0.25, -0.2) is 0 Å². The van der Waals surface area contributed by atoms with Crippen molar-refractivity contribution < 1.29 is 23.1 Å². The van der Waals surface area contributed by atoms with Gasteiger partial charge in [0, 0.05) is 14.8 Å². The molecule has 0 aromatic heterocycles. The minimum Gasteiger partial charge on any atom is -0.362 e. The number of carbonyl (C=O) groups is 1. The average molecular weight is 438 g/mol. The summed E-state index contributed by atoms with van der Waals surface area (Å²) in [6.07, 6.45) is -3.13. The van der Waals surface area contributed by atoms with Gasteiger partial charge in [-0.2, -0.15) is 23.3 Å². The lowest BCUT2D eigenvalue weighted by atomic mass is 9.80. The zero-order valence-electron chi connectivity index (χ0n) is 12.0. The predicted molar refractivity (Wildman–Crippen MR) is 85.7 cm³/mol. The van der Waals surface area contributed by atoms with E-state index < -0.39 is 23.7 Å². The fourth-order valence-electron chi connectivity index (χ4n) is 3.13. The average Bonchev–Trinajstić information content (AvgIpc) is 2.82. The maximum absolute atomic E-state index is 13.6. The van der Waals surface area contributed by atoms with Gasteiger partial charge in [0.25, 0.3) is 11.6 Å². The first-order valence-electron chi connectivity index (χ1n) is 7.21. The molecule has 8 heteroatoms. The Hall–Kier alpha value is -1.16. The molecule has 0 radical (unpaired) electrons. The maximum Gasteiger partial charge on any atom is 0.439 e. The predicted octanol–water partition coefficient (Wildman–Crippen LogP) is 3.54. The first-order valence-corrected chi connectivity index (χ1v) is 8.29. The smallest absolute Gasteiger partial charge is 0.362 e. The van der Waals surface area contributed by atoms with Crippen molar-refractivity contribution >= 4 is 34.2 Å². The van der Waals surface area contributed by atoms with E-state index in [1.165, 1.54) is 12.1 Å². The quantitative estimate of drug-likeness (QED) is 0.683. The highest BCUT2D eigenvalue weighted by Crippen LogP contribution is 2.48. The molecule has 0 saturated heterocycles.